The molecule has 1 aliphatic carbocycles. The number of hydrogen-bond donors (Lipinski definition) is 2. The summed E-state index contributed by atoms with van der Waals surface area (Å²) >= 11 is 0. The van der Waals surface area contributed by atoms with Gasteiger partial charge in [-0.3, -0.25) is 0 Å². The molecule has 1 aliphatic rings. The summed E-state index contributed by atoms with van der Waals surface area (Å²) < 4.78 is 0. The second-order valence-electron chi connectivity index (χ2n) is 3.45. The highest BCUT2D eigenvalue weighted by atomic mass is 15.2. The molecule has 0 unspecified atom stereocenters. The third-order valence-electron chi connectivity index (χ3n) is 2.61. The predicted octanol–water partition coefficient (Wildman–Crippen LogP) is 1.42. The highest BCUT2D eigenvalue weighted by molar-refractivity contribution is 5.34. The van der Waals surface area contributed by atoms with Gasteiger partial charge in [0.05, 0.1) is 0 Å². The lowest BCUT2D eigenvalue weighted by atomic mass is 10.0. The molecule has 3 N–H and O–H groups in total. The van der Waals surface area contributed by atoms with Crippen LogP contribution in [0.1, 0.15) is 37.3 Å². The quantitative estimate of drug-likeness (QED) is 0.531. The topological polar surface area (TPSA) is 63.8 Å². The Labute approximate surface area is 77.5 Å². The van der Waals surface area contributed by atoms with Crippen molar-refractivity contribution in [3.63, 3.8) is 0 Å². The summed E-state index contributed by atoms with van der Waals surface area (Å²) in [5.41, 5.74) is 3.67. The highest BCUT2D eigenvalue weighted by Gasteiger charge is 2.18. The highest BCUT2D eigenvalue weighted by Crippen LogP contribution is 2.33. The van der Waals surface area contributed by atoms with Crippen LogP contribution in [-0.4, -0.2) is 9.97 Å². The number of nitrogens with two attached hydrogens (primary N) is 1. The molecule has 4 nitrogen and oxygen atoms in total. The van der Waals surface area contributed by atoms with E-state index in [0.29, 0.717) is 11.7 Å². The molecule has 2 rings (SSSR count). The predicted molar refractivity (Wildman–Crippen MR) is 51.1 cm³/mol. The van der Waals surface area contributed by atoms with Crippen LogP contribution < -0.4 is 11.3 Å². The van der Waals surface area contributed by atoms with Gasteiger partial charge in [-0.1, -0.05) is 12.8 Å². The number of anilines is 1. The van der Waals surface area contributed by atoms with Crippen LogP contribution in [-0.2, 0) is 0 Å². The van der Waals surface area contributed by atoms with Gasteiger partial charge in [-0.25, -0.2) is 15.8 Å². The maximum atomic E-state index is 5.28. The van der Waals surface area contributed by atoms with Crippen molar-refractivity contribution in [2.75, 3.05) is 5.43 Å². The molecule has 4 heteroatoms. The normalized spacial score (nSPS) is 17.6. The van der Waals surface area contributed by atoms with E-state index in [9.17, 15) is 0 Å². The molecule has 1 aromatic heterocycles. The van der Waals surface area contributed by atoms with Crippen molar-refractivity contribution in [2.45, 2.75) is 31.6 Å². The molecule has 0 amide bonds. The second-order valence-corrected chi connectivity index (χ2v) is 3.45. The zero-order valence-corrected chi connectivity index (χ0v) is 7.53. The largest absolute Gasteiger partial charge is 0.308 e. The Kier molecular flexibility index (Phi) is 2.40. The van der Waals surface area contributed by atoms with Crippen molar-refractivity contribution in [3.05, 3.63) is 18.1 Å². The molecule has 1 fully saturated rings. The second kappa shape index (κ2) is 3.70. The van der Waals surface area contributed by atoms with E-state index in [2.05, 4.69) is 15.4 Å². The smallest absolute Gasteiger partial charge is 0.143 e. The lowest BCUT2D eigenvalue weighted by Gasteiger charge is -2.08. The summed E-state index contributed by atoms with van der Waals surface area (Å²) in [5.74, 6) is 6.60. The number of rotatable bonds is 2. The minimum atomic E-state index is 0.620. The van der Waals surface area contributed by atoms with Crippen molar-refractivity contribution >= 4 is 5.82 Å². The van der Waals surface area contributed by atoms with E-state index in [-0.39, 0.29) is 0 Å². The molecule has 70 valence electrons. The van der Waals surface area contributed by atoms with E-state index in [1.54, 1.807) is 6.33 Å². The molecular weight excluding hydrogens is 164 g/mol. The monoisotopic (exact) mass is 178 g/mol. The van der Waals surface area contributed by atoms with Gasteiger partial charge in [-0.15, -0.1) is 0 Å². The Bertz CT molecular complexity index is 281. The van der Waals surface area contributed by atoms with Crippen LogP contribution in [0.2, 0.25) is 0 Å². The van der Waals surface area contributed by atoms with E-state index >= 15 is 0 Å². The Morgan fingerprint density at radius 2 is 2.08 bits per heavy atom. The van der Waals surface area contributed by atoms with Gasteiger partial charge in [0.25, 0.3) is 0 Å². The van der Waals surface area contributed by atoms with E-state index in [0.717, 1.165) is 5.69 Å². The minimum absolute atomic E-state index is 0.620. The van der Waals surface area contributed by atoms with Crippen molar-refractivity contribution in [1.29, 1.82) is 0 Å². The number of hydrazine groups is 1. The first-order valence-corrected chi connectivity index (χ1v) is 4.68. The van der Waals surface area contributed by atoms with Gasteiger partial charge in [0.1, 0.15) is 12.1 Å². The fraction of sp³-hybridized carbons (Fsp3) is 0.556. The number of nitrogen functional groups attached to an aromatic ring is 1. The van der Waals surface area contributed by atoms with Gasteiger partial charge in [0.15, 0.2) is 0 Å². The SMILES string of the molecule is NNc1cc(C2CCCC2)ncn1. The van der Waals surface area contributed by atoms with Crippen molar-refractivity contribution < 1.29 is 0 Å². The molecule has 13 heavy (non-hydrogen) atoms. The van der Waals surface area contributed by atoms with Crippen LogP contribution >= 0.6 is 0 Å². The summed E-state index contributed by atoms with van der Waals surface area (Å²) in [6.07, 6.45) is 6.71. The standard InChI is InChI=1S/C9H14N4/c10-13-9-5-8(11-6-12-9)7-3-1-2-4-7/h5-7H,1-4,10H2,(H,11,12,13). The first kappa shape index (κ1) is 8.44. The molecule has 1 saturated carbocycles. The third-order valence-corrected chi connectivity index (χ3v) is 2.61. The van der Waals surface area contributed by atoms with Crippen molar-refractivity contribution in [2.24, 2.45) is 5.84 Å². The van der Waals surface area contributed by atoms with Crippen LogP contribution in [0, 0.1) is 0 Å². The maximum Gasteiger partial charge on any atom is 0.143 e. The average molecular weight is 178 g/mol. The summed E-state index contributed by atoms with van der Waals surface area (Å²) in [5, 5.41) is 0. The minimum Gasteiger partial charge on any atom is -0.308 e. The maximum absolute atomic E-state index is 5.28. The molecule has 1 heterocycles. The van der Waals surface area contributed by atoms with Gasteiger partial charge < -0.3 is 5.43 Å². The molecule has 1 aromatic rings. The lowest BCUT2D eigenvalue weighted by molar-refractivity contribution is 0.694. The van der Waals surface area contributed by atoms with E-state index < -0.39 is 0 Å². The fourth-order valence-electron chi connectivity index (χ4n) is 1.90. The van der Waals surface area contributed by atoms with Crippen LogP contribution in [0.4, 0.5) is 5.82 Å². The number of nitrogens with zero attached hydrogens (tertiary/aromatic N) is 2. The van der Waals surface area contributed by atoms with Gasteiger partial charge in [-0.05, 0) is 12.8 Å². The summed E-state index contributed by atoms with van der Waals surface area (Å²) in [4.78, 5) is 8.24. The molecule has 0 bridgehead atoms. The number of aromatic nitrogens is 2. The number of nitrogens with one attached hydrogen (secondary N) is 1. The molecular formula is C9H14N4. The van der Waals surface area contributed by atoms with E-state index in [1.165, 1.54) is 25.7 Å². The zero-order chi connectivity index (χ0) is 9.10. The summed E-state index contributed by atoms with van der Waals surface area (Å²) in [6, 6.07) is 1.94. The molecule has 0 saturated heterocycles. The van der Waals surface area contributed by atoms with Crippen LogP contribution in [0.5, 0.6) is 0 Å². The van der Waals surface area contributed by atoms with Gasteiger partial charge in [0, 0.05) is 17.7 Å². The van der Waals surface area contributed by atoms with Crippen LogP contribution in [0.25, 0.3) is 0 Å². The van der Waals surface area contributed by atoms with E-state index in [4.69, 9.17) is 5.84 Å². The molecule has 0 spiro atoms. The average Bonchev–Trinajstić information content (AvgIpc) is 2.71. The van der Waals surface area contributed by atoms with Gasteiger partial charge in [-0.2, -0.15) is 0 Å². The fourth-order valence-corrected chi connectivity index (χ4v) is 1.90. The first-order chi connectivity index (χ1) is 6.40. The Hall–Kier alpha value is -1.16. The Balaban J connectivity index is 2.18. The van der Waals surface area contributed by atoms with Gasteiger partial charge in [0.2, 0.25) is 0 Å². The summed E-state index contributed by atoms with van der Waals surface area (Å²) in [7, 11) is 0. The molecule has 0 atom stereocenters. The zero-order valence-electron chi connectivity index (χ0n) is 7.53. The Morgan fingerprint density at radius 1 is 1.31 bits per heavy atom. The van der Waals surface area contributed by atoms with Gasteiger partial charge >= 0.3 is 0 Å². The van der Waals surface area contributed by atoms with E-state index in [1.807, 2.05) is 6.07 Å². The van der Waals surface area contributed by atoms with Crippen molar-refractivity contribution in [3.8, 4) is 0 Å². The van der Waals surface area contributed by atoms with Crippen molar-refractivity contribution in [1.82, 2.24) is 9.97 Å². The molecule has 0 aliphatic heterocycles. The van der Waals surface area contributed by atoms with Crippen LogP contribution in [0.15, 0.2) is 12.4 Å². The Morgan fingerprint density at radius 3 is 2.77 bits per heavy atom. The van der Waals surface area contributed by atoms with Crippen LogP contribution in [0.3, 0.4) is 0 Å². The number of hydrogen-bond acceptors (Lipinski definition) is 4. The lowest BCUT2D eigenvalue weighted by Crippen LogP contribution is -2.09. The first-order valence-electron chi connectivity index (χ1n) is 4.68. The molecule has 0 aromatic carbocycles. The third kappa shape index (κ3) is 1.78. The molecule has 0 radical (unpaired) electrons. The summed E-state index contributed by atoms with van der Waals surface area (Å²) in [6.45, 7) is 0.